The zero-order valence-electron chi connectivity index (χ0n) is 16.0. The Balaban J connectivity index is 0.000000370. The van der Waals surface area contributed by atoms with Crippen molar-refractivity contribution in [3.8, 4) is 5.75 Å². The molecular weight excluding hydrogens is 383 g/mol. The van der Waals surface area contributed by atoms with Gasteiger partial charge in [-0.15, -0.1) is 0 Å². The van der Waals surface area contributed by atoms with Gasteiger partial charge in [-0.3, -0.25) is 0 Å². The average Bonchev–Trinajstić information content (AvgIpc) is 2.71. The molecule has 3 rings (SSSR count). The predicted molar refractivity (Wildman–Crippen MR) is 106 cm³/mol. The number of rotatable bonds is 5. The SMILES string of the molecule is COc1ccc(CNC(C)c2cccc3ccccc23)cc1.O=C(O)C(F)(F)F. The highest BCUT2D eigenvalue weighted by atomic mass is 19.4. The third kappa shape index (κ3) is 6.50. The first-order valence-electron chi connectivity index (χ1n) is 8.86. The number of halogens is 3. The maximum absolute atomic E-state index is 10.6. The molecule has 0 radical (unpaired) electrons. The number of carboxylic acids is 1. The van der Waals surface area contributed by atoms with Gasteiger partial charge in [-0.2, -0.15) is 13.2 Å². The van der Waals surface area contributed by atoms with Crippen LogP contribution in [0.5, 0.6) is 5.75 Å². The number of fused-ring (bicyclic) bond motifs is 1. The highest BCUT2D eigenvalue weighted by Crippen LogP contribution is 2.24. The number of alkyl halides is 3. The topological polar surface area (TPSA) is 58.6 Å². The van der Waals surface area contributed by atoms with Gasteiger partial charge in [0.15, 0.2) is 0 Å². The summed E-state index contributed by atoms with van der Waals surface area (Å²) >= 11 is 0. The van der Waals surface area contributed by atoms with E-state index < -0.39 is 12.1 Å². The Morgan fingerprint density at radius 3 is 2.21 bits per heavy atom. The van der Waals surface area contributed by atoms with E-state index >= 15 is 0 Å². The Hall–Kier alpha value is -3.06. The second-order valence-electron chi connectivity index (χ2n) is 6.32. The fourth-order valence-corrected chi connectivity index (χ4v) is 2.75. The second kappa shape index (κ2) is 9.93. The lowest BCUT2D eigenvalue weighted by Gasteiger charge is -2.17. The van der Waals surface area contributed by atoms with Crippen molar-refractivity contribution < 1.29 is 27.8 Å². The van der Waals surface area contributed by atoms with Gasteiger partial charge >= 0.3 is 12.1 Å². The lowest BCUT2D eigenvalue weighted by atomic mass is 9.99. The molecule has 0 saturated carbocycles. The minimum Gasteiger partial charge on any atom is -0.497 e. The first-order valence-corrected chi connectivity index (χ1v) is 8.86. The van der Waals surface area contributed by atoms with Gasteiger partial charge in [-0.1, -0.05) is 54.6 Å². The van der Waals surface area contributed by atoms with E-state index in [1.807, 2.05) is 12.1 Å². The van der Waals surface area contributed by atoms with Crippen molar-refractivity contribution in [2.24, 2.45) is 0 Å². The first kappa shape index (κ1) is 22.2. The molecule has 0 amide bonds. The van der Waals surface area contributed by atoms with Crippen molar-refractivity contribution >= 4 is 16.7 Å². The summed E-state index contributed by atoms with van der Waals surface area (Å²) in [6, 6.07) is 23.5. The van der Waals surface area contributed by atoms with E-state index in [2.05, 4.69) is 66.8 Å². The van der Waals surface area contributed by atoms with Crippen LogP contribution in [0.3, 0.4) is 0 Å². The molecule has 1 atom stereocenters. The third-order valence-corrected chi connectivity index (χ3v) is 4.30. The number of carbonyl (C=O) groups is 1. The van der Waals surface area contributed by atoms with Crippen LogP contribution in [0.25, 0.3) is 10.8 Å². The van der Waals surface area contributed by atoms with E-state index in [0.717, 1.165) is 12.3 Å². The van der Waals surface area contributed by atoms with E-state index in [9.17, 15) is 13.2 Å². The molecule has 4 nitrogen and oxygen atoms in total. The highest BCUT2D eigenvalue weighted by Gasteiger charge is 2.38. The van der Waals surface area contributed by atoms with Crippen LogP contribution in [0, 0.1) is 0 Å². The maximum Gasteiger partial charge on any atom is 0.490 e. The van der Waals surface area contributed by atoms with Crippen molar-refractivity contribution in [2.45, 2.75) is 25.7 Å². The number of benzene rings is 3. The quantitative estimate of drug-likeness (QED) is 0.602. The van der Waals surface area contributed by atoms with Gasteiger partial charge in [0.25, 0.3) is 0 Å². The summed E-state index contributed by atoms with van der Waals surface area (Å²) in [5.41, 5.74) is 2.60. The van der Waals surface area contributed by atoms with Crippen LogP contribution in [0.1, 0.15) is 24.1 Å². The van der Waals surface area contributed by atoms with Crippen molar-refractivity contribution in [2.75, 3.05) is 7.11 Å². The Labute approximate surface area is 166 Å². The Bertz CT molecular complexity index is 935. The Morgan fingerprint density at radius 2 is 1.62 bits per heavy atom. The molecule has 0 heterocycles. The molecule has 0 fully saturated rings. The molecule has 7 heteroatoms. The first-order chi connectivity index (χ1) is 13.7. The lowest BCUT2D eigenvalue weighted by molar-refractivity contribution is -0.192. The van der Waals surface area contributed by atoms with Crippen LogP contribution in [0.4, 0.5) is 13.2 Å². The standard InChI is InChI=1S/C20H21NO.C2HF3O2/c1-15(21-14-16-10-12-18(22-2)13-11-16)19-9-5-7-17-6-3-4-8-20(17)19;3-2(4,5)1(6)7/h3-13,15,21H,14H2,1-2H3;(H,6,7). The molecule has 0 aromatic heterocycles. The van der Waals surface area contributed by atoms with Crippen LogP contribution in [0.15, 0.2) is 66.7 Å². The number of nitrogens with one attached hydrogen (secondary N) is 1. The second-order valence-corrected chi connectivity index (χ2v) is 6.32. The molecule has 3 aromatic carbocycles. The molecule has 0 aliphatic rings. The molecule has 2 N–H and O–H groups in total. The number of carboxylic acid groups (broad SMARTS) is 1. The van der Waals surface area contributed by atoms with Crippen LogP contribution in [0.2, 0.25) is 0 Å². The van der Waals surface area contributed by atoms with Crippen LogP contribution in [-0.2, 0) is 11.3 Å². The summed E-state index contributed by atoms with van der Waals surface area (Å²) < 4.78 is 36.9. The number of ether oxygens (including phenoxy) is 1. The van der Waals surface area contributed by atoms with E-state index in [4.69, 9.17) is 14.6 Å². The van der Waals surface area contributed by atoms with E-state index in [0.29, 0.717) is 6.04 Å². The molecule has 29 heavy (non-hydrogen) atoms. The van der Waals surface area contributed by atoms with Gasteiger partial charge < -0.3 is 15.2 Å². The number of aliphatic carboxylic acids is 1. The van der Waals surface area contributed by atoms with Crippen molar-refractivity contribution in [1.29, 1.82) is 0 Å². The van der Waals surface area contributed by atoms with Gasteiger partial charge in [0.2, 0.25) is 0 Å². The average molecular weight is 405 g/mol. The summed E-state index contributed by atoms with van der Waals surface area (Å²) in [7, 11) is 1.69. The largest absolute Gasteiger partial charge is 0.497 e. The van der Waals surface area contributed by atoms with Crippen LogP contribution in [-0.4, -0.2) is 24.4 Å². The van der Waals surface area contributed by atoms with Gasteiger partial charge in [0.05, 0.1) is 7.11 Å². The summed E-state index contributed by atoms with van der Waals surface area (Å²) in [5, 5.41) is 13.3. The minimum absolute atomic E-state index is 0.299. The summed E-state index contributed by atoms with van der Waals surface area (Å²) in [6.45, 7) is 3.06. The van der Waals surface area contributed by atoms with E-state index in [1.54, 1.807) is 7.11 Å². The fraction of sp³-hybridized carbons (Fsp3) is 0.227. The van der Waals surface area contributed by atoms with Gasteiger partial charge in [-0.25, -0.2) is 4.79 Å². The summed E-state index contributed by atoms with van der Waals surface area (Å²) in [4.78, 5) is 8.90. The fourth-order valence-electron chi connectivity index (χ4n) is 2.75. The number of hydrogen-bond donors (Lipinski definition) is 2. The monoisotopic (exact) mass is 405 g/mol. The normalized spacial score (nSPS) is 12.0. The molecule has 0 aliphatic heterocycles. The van der Waals surface area contributed by atoms with Crippen molar-refractivity contribution in [1.82, 2.24) is 5.32 Å². The predicted octanol–water partition coefficient (Wildman–Crippen LogP) is 5.33. The maximum atomic E-state index is 10.6. The van der Waals surface area contributed by atoms with Gasteiger partial charge in [-0.05, 0) is 41.0 Å². The molecule has 1 unspecified atom stereocenters. The molecule has 0 bridgehead atoms. The van der Waals surface area contributed by atoms with Gasteiger partial charge in [0, 0.05) is 12.6 Å². The van der Waals surface area contributed by atoms with Gasteiger partial charge in [0.1, 0.15) is 5.75 Å². The van der Waals surface area contributed by atoms with Crippen LogP contribution >= 0.6 is 0 Å². The van der Waals surface area contributed by atoms with E-state index in [1.165, 1.54) is 21.9 Å². The smallest absolute Gasteiger partial charge is 0.490 e. The third-order valence-electron chi connectivity index (χ3n) is 4.30. The molecule has 0 aliphatic carbocycles. The number of hydrogen-bond acceptors (Lipinski definition) is 3. The summed E-state index contributed by atoms with van der Waals surface area (Å²) in [6.07, 6.45) is -5.08. The Kier molecular flexibility index (Phi) is 7.61. The van der Waals surface area contributed by atoms with Crippen molar-refractivity contribution in [3.05, 3.63) is 77.9 Å². The highest BCUT2D eigenvalue weighted by molar-refractivity contribution is 5.86. The molecule has 0 saturated heterocycles. The number of methoxy groups -OCH3 is 1. The van der Waals surface area contributed by atoms with Crippen molar-refractivity contribution in [3.63, 3.8) is 0 Å². The van der Waals surface area contributed by atoms with E-state index in [-0.39, 0.29) is 0 Å². The van der Waals surface area contributed by atoms with Crippen LogP contribution < -0.4 is 10.1 Å². The zero-order chi connectivity index (χ0) is 21.4. The zero-order valence-corrected chi connectivity index (χ0v) is 16.0. The Morgan fingerprint density at radius 1 is 1.03 bits per heavy atom. The molecular formula is C22H22F3NO3. The molecule has 154 valence electrons. The molecule has 0 spiro atoms. The summed E-state index contributed by atoms with van der Waals surface area (Å²) in [5.74, 6) is -1.86. The minimum atomic E-state index is -5.08. The lowest BCUT2D eigenvalue weighted by Crippen LogP contribution is -2.21. The molecule has 3 aromatic rings.